The van der Waals surface area contributed by atoms with Crippen LogP contribution in [0.25, 0.3) is 0 Å². The molecular formula is C18H20N2O4. The van der Waals surface area contributed by atoms with Crippen molar-refractivity contribution in [2.45, 2.75) is 26.7 Å². The molecule has 6 nitrogen and oxygen atoms in total. The van der Waals surface area contributed by atoms with Crippen LogP contribution in [0, 0.1) is 24.0 Å². The molecule has 0 aromatic heterocycles. The van der Waals surface area contributed by atoms with Crippen molar-refractivity contribution in [3.8, 4) is 5.75 Å². The molecule has 0 fully saturated rings. The zero-order valence-electron chi connectivity index (χ0n) is 13.7. The summed E-state index contributed by atoms with van der Waals surface area (Å²) in [5.74, 6) is 0.490. The van der Waals surface area contributed by atoms with Crippen molar-refractivity contribution in [3.05, 3.63) is 63.7 Å². The van der Waals surface area contributed by atoms with Crippen LogP contribution in [0.4, 0.5) is 11.4 Å². The molecule has 0 heterocycles. The Kier molecular flexibility index (Phi) is 5.89. The Morgan fingerprint density at radius 2 is 1.79 bits per heavy atom. The van der Waals surface area contributed by atoms with Crippen molar-refractivity contribution in [2.75, 3.05) is 11.9 Å². The predicted molar refractivity (Wildman–Crippen MR) is 92.4 cm³/mol. The Morgan fingerprint density at radius 3 is 2.46 bits per heavy atom. The topological polar surface area (TPSA) is 81.5 Å². The Hall–Kier alpha value is -2.89. The standard InChI is InChI=1S/C18H20N2O4/c1-13-5-8-15(9-6-13)24-11-3-4-18(21)19-16-10-7-14(2)12-17(16)20(22)23/h5-10,12H,3-4,11H2,1-2H3,(H,19,21). The van der Waals surface area contributed by atoms with Crippen molar-refractivity contribution in [2.24, 2.45) is 0 Å². The van der Waals surface area contributed by atoms with E-state index in [-0.39, 0.29) is 23.7 Å². The molecule has 126 valence electrons. The molecule has 2 rings (SSSR count). The molecule has 0 bridgehead atoms. The summed E-state index contributed by atoms with van der Waals surface area (Å²) in [6, 6.07) is 12.4. The third-order valence-corrected chi connectivity index (χ3v) is 3.46. The monoisotopic (exact) mass is 328 g/mol. The van der Waals surface area contributed by atoms with Gasteiger partial charge in [0, 0.05) is 12.5 Å². The molecule has 0 atom stereocenters. The maximum absolute atomic E-state index is 11.9. The minimum atomic E-state index is -0.497. The van der Waals surface area contributed by atoms with E-state index in [9.17, 15) is 14.9 Å². The predicted octanol–water partition coefficient (Wildman–Crippen LogP) is 4.01. The number of anilines is 1. The summed E-state index contributed by atoms with van der Waals surface area (Å²) in [4.78, 5) is 22.5. The average molecular weight is 328 g/mol. The Morgan fingerprint density at radius 1 is 1.12 bits per heavy atom. The molecule has 0 aliphatic rings. The fraction of sp³-hybridized carbons (Fsp3) is 0.278. The van der Waals surface area contributed by atoms with E-state index in [1.165, 1.54) is 6.07 Å². The zero-order chi connectivity index (χ0) is 17.5. The maximum Gasteiger partial charge on any atom is 0.293 e. The average Bonchev–Trinajstić information content (AvgIpc) is 2.55. The molecule has 0 aliphatic carbocycles. The minimum absolute atomic E-state index is 0.0979. The number of hydrogen-bond donors (Lipinski definition) is 1. The van der Waals surface area contributed by atoms with Crippen molar-refractivity contribution in [1.29, 1.82) is 0 Å². The molecule has 2 aromatic rings. The Balaban J connectivity index is 1.81. The molecule has 1 amide bonds. The van der Waals surface area contributed by atoms with E-state index >= 15 is 0 Å². The summed E-state index contributed by atoms with van der Waals surface area (Å²) in [5, 5.41) is 13.6. The number of carbonyl (C=O) groups excluding carboxylic acids is 1. The van der Waals surface area contributed by atoms with E-state index in [0.717, 1.165) is 16.9 Å². The normalized spacial score (nSPS) is 10.2. The second kappa shape index (κ2) is 8.10. The van der Waals surface area contributed by atoms with E-state index in [2.05, 4.69) is 5.32 Å². The number of carbonyl (C=O) groups is 1. The highest BCUT2D eigenvalue weighted by Gasteiger charge is 2.15. The van der Waals surface area contributed by atoms with Crippen molar-refractivity contribution in [3.63, 3.8) is 0 Å². The SMILES string of the molecule is Cc1ccc(OCCCC(=O)Nc2ccc(C)cc2[N+](=O)[O-])cc1. The fourth-order valence-electron chi connectivity index (χ4n) is 2.17. The molecule has 0 saturated carbocycles. The molecule has 2 aromatic carbocycles. The first-order valence-electron chi connectivity index (χ1n) is 7.70. The van der Waals surface area contributed by atoms with Gasteiger partial charge in [-0.3, -0.25) is 14.9 Å². The van der Waals surface area contributed by atoms with Gasteiger partial charge in [-0.05, 0) is 44.0 Å². The van der Waals surface area contributed by atoms with Gasteiger partial charge in [0.15, 0.2) is 0 Å². The van der Waals surface area contributed by atoms with Crippen LogP contribution in [-0.2, 0) is 4.79 Å². The highest BCUT2D eigenvalue weighted by atomic mass is 16.6. The van der Waals surface area contributed by atoms with E-state index in [0.29, 0.717) is 13.0 Å². The summed E-state index contributed by atoms with van der Waals surface area (Å²) in [5.41, 5.74) is 2.04. The van der Waals surface area contributed by atoms with Gasteiger partial charge in [-0.25, -0.2) is 0 Å². The first-order valence-corrected chi connectivity index (χ1v) is 7.70. The number of hydrogen-bond acceptors (Lipinski definition) is 4. The summed E-state index contributed by atoms with van der Waals surface area (Å²) in [7, 11) is 0. The lowest BCUT2D eigenvalue weighted by Crippen LogP contribution is -2.14. The number of nitro groups is 1. The largest absolute Gasteiger partial charge is 0.494 e. The van der Waals surface area contributed by atoms with Crippen LogP contribution < -0.4 is 10.1 Å². The number of rotatable bonds is 7. The second-order valence-electron chi connectivity index (χ2n) is 5.59. The lowest BCUT2D eigenvalue weighted by Gasteiger charge is -2.08. The van der Waals surface area contributed by atoms with Gasteiger partial charge in [0.05, 0.1) is 11.5 Å². The van der Waals surface area contributed by atoms with Crippen LogP contribution in [-0.4, -0.2) is 17.4 Å². The quantitative estimate of drug-likeness (QED) is 0.473. The van der Waals surface area contributed by atoms with Gasteiger partial charge >= 0.3 is 0 Å². The third-order valence-electron chi connectivity index (χ3n) is 3.46. The van der Waals surface area contributed by atoms with Gasteiger partial charge in [0.1, 0.15) is 11.4 Å². The molecule has 0 radical (unpaired) electrons. The van der Waals surface area contributed by atoms with Crippen LogP contribution >= 0.6 is 0 Å². The Labute approximate surface area is 140 Å². The summed E-state index contributed by atoms with van der Waals surface area (Å²) >= 11 is 0. The zero-order valence-corrected chi connectivity index (χ0v) is 13.7. The number of benzene rings is 2. The Bertz CT molecular complexity index is 726. The van der Waals surface area contributed by atoms with Gasteiger partial charge < -0.3 is 10.1 Å². The number of aryl methyl sites for hydroxylation is 2. The van der Waals surface area contributed by atoms with Crippen LogP contribution in [0.1, 0.15) is 24.0 Å². The first kappa shape index (κ1) is 17.5. The summed E-state index contributed by atoms with van der Waals surface area (Å²) < 4.78 is 5.55. The molecule has 0 spiro atoms. The van der Waals surface area contributed by atoms with Gasteiger partial charge in [-0.2, -0.15) is 0 Å². The van der Waals surface area contributed by atoms with Gasteiger partial charge in [-0.15, -0.1) is 0 Å². The highest BCUT2D eigenvalue weighted by molar-refractivity contribution is 5.93. The molecule has 0 aliphatic heterocycles. The summed E-state index contributed by atoms with van der Waals surface area (Å²) in [6.45, 7) is 4.17. The maximum atomic E-state index is 11.9. The lowest BCUT2D eigenvalue weighted by atomic mass is 10.2. The minimum Gasteiger partial charge on any atom is -0.494 e. The molecule has 1 N–H and O–H groups in total. The van der Waals surface area contributed by atoms with Crippen molar-refractivity contribution < 1.29 is 14.5 Å². The highest BCUT2D eigenvalue weighted by Crippen LogP contribution is 2.25. The van der Waals surface area contributed by atoms with Crippen LogP contribution in [0.2, 0.25) is 0 Å². The van der Waals surface area contributed by atoms with E-state index < -0.39 is 4.92 Å². The molecule has 0 unspecified atom stereocenters. The smallest absolute Gasteiger partial charge is 0.293 e. The fourth-order valence-corrected chi connectivity index (χ4v) is 2.17. The molecule has 0 saturated heterocycles. The number of ether oxygens (including phenoxy) is 1. The van der Waals surface area contributed by atoms with Crippen LogP contribution in [0.3, 0.4) is 0 Å². The van der Waals surface area contributed by atoms with Crippen molar-refractivity contribution in [1.82, 2.24) is 0 Å². The molecule has 6 heteroatoms. The second-order valence-corrected chi connectivity index (χ2v) is 5.59. The molecular weight excluding hydrogens is 308 g/mol. The molecule has 24 heavy (non-hydrogen) atoms. The van der Waals surface area contributed by atoms with Crippen molar-refractivity contribution >= 4 is 17.3 Å². The van der Waals surface area contributed by atoms with E-state index in [1.54, 1.807) is 19.1 Å². The van der Waals surface area contributed by atoms with Gasteiger partial charge in [-0.1, -0.05) is 23.8 Å². The van der Waals surface area contributed by atoms with Gasteiger partial charge in [0.2, 0.25) is 5.91 Å². The number of nitrogens with zero attached hydrogens (tertiary/aromatic N) is 1. The number of nitro benzene ring substituents is 1. The number of amides is 1. The summed E-state index contributed by atoms with van der Waals surface area (Å²) in [6.07, 6.45) is 0.760. The lowest BCUT2D eigenvalue weighted by molar-refractivity contribution is -0.384. The van der Waals surface area contributed by atoms with E-state index in [4.69, 9.17) is 4.74 Å². The van der Waals surface area contributed by atoms with Crippen LogP contribution in [0.15, 0.2) is 42.5 Å². The third kappa shape index (κ3) is 5.08. The van der Waals surface area contributed by atoms with E-state index in [1.807, 2.05) is 31.2 Å². The first-order chi connectivity index (χ1) is 11.5. The van der Waals surface area contributed by atoms with Crippen LogP contribution in [0.5, 0.6) is 5.75 Å². The van der Waals surface area contributed by atoms with Gasteiger partial charge in [0.25, 0.3) is 5.69 Å². The number of nitrogens with one attached hydrogen (secondary N) is 1.